The topological polar surface area (TPSA) is 12.5 Å². The molecular weight excluding hydrogens is 270 g/mol. The summed E-state index contributed by atoms with van der Waals surface area (Å²) in [4.78, 5) is 2.47. The molecule has 0 saturated carbocycles. The van der Waals surface area contributed by atoms with Gasteiger partial charge in [0.15, 0.2) is 0 Å². The molecular formula is C20H25NO. The van der Waals surface area contributed by atoms with Gasteiger partial charge in [0.05, 0.1) is 0 Å². The summed E-state index contributed by atoms with van der Waals surface area (Å²) in [5, 5.41) is 0. The second kappa shape index (κ2) is 6.97. The Hall–Kier alpha value is -1.80. The van der Waals surface area contributed by atoms with Crippen molar-refractivity contribution in [1.29, 1.82) is 0 Å². The van der Waals surface area contributed by atoms with E-state index in [2.05, 4.69) is 73.3 Å². The lowest BCUT2D eigenvalue weighted by Crippen LogP contribution is -2.24. The van der Waals surface area contributed by atoms with Gasteiger partial charge < -0.3 is 4.74 Å². The van der Waals surface area contributed by atoms with E-state index in [0.29, 0.717) is 12.0 Å². The zero-order chi connectivity index (χ0) is 15.4. The molecule has 0 N–H and O–H groups in total. The second-order valence-corrected chi connectivity index (χ2v) is 6.47. The highest BCUT2D eigenvalue weighted by Crippen LogP contribution is 2.22. The Balaban J connectivity index is 1.52. The van der Waals surface area contributed by atoms with Crippen LogP contribution in [0.5, 0.6) is 5.75 Å². The Morgan fingerprint density at radius 2 is 1.77 bits per heavy atom. The van der Waals surface area contributed by atoms with Gasteiger partial charge in [-0.15, -0.1) is 0 Å². The first kappa shape index (κ1) is 15.1. The largest absolute Gasteiger partial charge is 0.489 e. The summed E-state index contributed by atoms with van der Waals surface area (Å²) < 4.78 is 6.14. The maximum absolute atomic E-state index is 6.14. The summed E-state index contributed by atoms with van der Waals surface area (Å²) >= 11 is 0. The number of hydrogen-bond acceptors (Lipinski definition) is 2. The van der Waals surface area contributed by atoms with Gasteiger partial charge in [0.2, 0.25) is 0 Å². The van der Waals surface area contributed by atoms with E-state index in [1.54, 1.807) is 0 Å². The highest BCUT2D eigenvalue weighted by atomic mass is 16.5. The highest BCUT2D eigenvalue weighted by Gasteiger charge is 2.23. The van der Waals surface area contributed by atoms with Crippen LogP contribution in [0, 0.1) is 0 Å². The van der Waals surface area contributed by atoms with Crippen LogP contribution in [0.3, 0.4) is 0 Å². The minimum Gasteiger partial charge on any atom is -0.489 e. The average Bonchev–Trinajstić information content (AvgIpc) is 2.96. The van der Waals surface area contributed by atoms with Crippen molar-refractivity contribution < 1.29 is 4.74 Å². The molecule has 1 aliphatic heterocycles. The Morgan fingerprint density at radius 3 is 2.45 bits per heavy atom. The van der Waals surface area contributed by atoms with Crippen molar-refractivity contribution in [1.82, 2.24) is 4.90 Å². The lowest BCUT2D eigenvalue weighted by molar-refractivity contribution is 0.198. The van der Waals surface area contributed by atoms with Gasteiger partial charge in [-0.2, -0.15) is 0 Å². The van der Waals surface area contributed by atoms with Crippen molar-refractivity contribution in [3.63, 3.8) is 0 Å². The standard InChI is InChI=1S/C20H25NO/c1-16(2)18-8-10-19(11-9-18)22-20-12-13-21(15-20)14-17-6-4-3-5-7-17/h3-11,16,20H,12-15H2,1-2H3. The van der Waals surface area contributed by atoms with Crippen molar-refractivity contribution >= 4 is 0 Å². The summed E-state index contributed by atoms with van der Waals surface area (Å²) in [5.41, 5.74) is 2.74. The molecule has 0 radical (unpaired) electrons. The van der Waals surface area contributed by atoms with Gasteiger partial charge in [0.1, 0.15) is 11.9 Å². The van der Waals surface area contributed by atoms with Crippen molar-refractivity contribution in [2.75, 3.05) is 13.1 Å². The lowest BCUT2D eigenvalue weighted by atomic mass is 10.0. The molecule has 1 atom stereocenters. The molecule has 0 aliphatic carbocycles. The fourth-order valence-electron chi connectivity index (χ4n) is 3.00. The SMILES string of the molecule is CC(C)c1ccc(OC2CCN(Cc3ccccc3)C2)cc1. The lowest BCUT2D eigenvalue weighted by Gasteiger charge is -2.17. The predicted molar refractivity (Wildman–Crippen MR) is 91.3 cm³/mol. The molecule has 2 heteroatoms. The molecule has 1 heterocycles. The van der Waals surface area contributed by atoms with Gasteiger partial charge in [0.25, 0.3) is 0 Å². The Morgan fingerprint density at radius 1 is 1.05 bits per heavy atom. The number of rotatable bonds is 5. The van der Waals surface area contributed by atoms with Crippen LogP contribution >= 0.6 is 0 Å². The van der Waals surface area contributed by atoms with Crippen LogP contribution in [0.2, 0.25) is 0 Å². The predicted octanol–water partition coefficient (Wildman–Crippen LogP) is 4.46. The number of benzene rings is 2. The molecule has 22 heavy (non-hydrogen) atoms. The Kier molecular flexibility index (Phi) is 4.79. The Labute approximate surface area is 133 Å². The molecule has 1 saturated heterocycles. The quantitative estimate of drug-likeness (QED) is 0.807. The molecule has 0 bridgehead atoms. The fourth-order valence-corrected chi connectivity index (χ4v) is 3.00. The summed E-state index contributed by atoms with van der Waals surface area (Å²) in [7, 11) is 0. The smallest absolute Gasteiger partial charge is 0.119 e. The van der Waals surface area contributed by atoms with E-state index < -0.39 is 0 Å². The first-order valence-electron chi connectivity index (χ1n) is 8.23. The molecule has 2 aromatic carbocycles. The number of hydrogen-bond donors (Lipinski definition) is 0. The van der Waals surface area contributed by atoms with Gasteiger partial charge >= 0.3 is 0 Å². The fraction of sp³-hybridized carbons (Fsp3) is 0.400. The molecule has 116 valence electrons. The molecule has 1 aliphatic rings. The first-order chi connectivity index (χ1) is 10.7. The van der Waals surface area contributed by atoms with Crippen LogP contribution in [-0.4, -0.2) is 24.1 Å². The van der Waals surface area contributed by atoms with Crippen LogP contribution < -0.4 is 4.74 Å². The van der Waals surface area contributed by atoms with E-state index in [1.807, 2.05) is 0 Å². The minimum atomic E-state index is 0.314. The van der Waals surface area contributed by atoms with Crippen LogP contribution in [0.4, 0.5) is 0 Å². The zero-order valence-electron chi connectivity index (χ0n) is 13.5. The highest BCUT2D eigenvalue weighted by molar-refractivity contribution is 5.29. The molecule has 1 fully saturated rings. The van der Waals surface area contributed by atoms with Crippen molar-refractivity contribution in [2.24, 2.45) is 0 Å². The molecule has 1 unspecified atom stereocenters. The maximum atomic E-state index is 6.14. The number of ether oxygens (including phenoxy) is 1. The van der Waals surface area contributed by atoms with Gasteiger partial charge in [-0.1, -0.05) is 56.3 Å². The monoisotopic (exact) mass is 295 g/mol. The summed E-state index contributed by atoms with van der Waals surface area (Å²) in [6, 6.07) is 19.2. The van der Waals surface area contributed by atoms with E-state index in [9.17, 15) is 0 Å². The third kappa shape index (κ3) is 3.89. The van der Waals surface area contributed by atoms with E-state index in [4.69, 9.17) is 4.74 Å². The van der Waals surface area contributed by atoms with Gasteiger partial charge in [-0.05, 0) is 35.6 Å². The Bertz CT molecular complexity index is 576. The molecule has 2 aromatic rings. The van der Waals surface area contributed by atoms with E-state index in [1.165, 1.54) is 11.1 Å². The zero-order valence-corrected chi connectivity index (χ0v) is 13.5. The molecule has 0 amide bonds. The molecule has 0 aromatic heterocycles. The van der Waals surface area contributed by atoms with E-state index >= 15 is 0 Å². The van der Waals surface area contributed by atoms with E-state index in [0.717, 1.165) is 31.8 Å². The first-order valence-corrected chi connectivity index (χ1v) is 8.23. The summed E-state index contributed by atoms with van der Waals surface area (Å²) in [5.74, 6) is 1.57. The molecule has 3 rings (SSSR count). The van der Waals surface area contributed by atoms with E-state index in [-0.39, 0.29) is 0 Å². The van der Waals surface area contributed by atoms with Crippen molar-refractivity contribution in [3.05, 3.63) is 65.7 Å². The number of likely N-dealkylation sites (tertiary alicyclic amines) is 1. The van der Waals surface area contributed by atoms with Gasteiger partial charge in [0, 0.05) is 19.6 Å². The number of nitrogens with zero attached hydrogens (tertiary/aromatic N) is 1. The average molecular weight is 295 g/mol. The van der Waals surface area contributed by atoms with Crippen molar-refractivity contribution in [2.45, 2.75) is 38.8 Å². The summed E-state index contributed by atoms with van der Waals surface area (Å²) in [6.07, 6.45) is 1.42. The third-order valence-electron chi connectivity index (χ3n) is 4.33. The minimum absolute atomic E-state index is 0.314. The van der Waals surface area contributed by atoms with Crippen molar-refractivity contribution in [3.8, 4) is 5.75 Å². The van der Waals surface area contributed by atoms with Gasteiger partial charge in [-0.3, -0.25) is 4.90 Å². The molecule has 0 spiro atoms. The second-order valence-electron chi connectivity index (χ2n) is 6.47. The van der Waals surface area contributed by atoms with Crippen LogP contribution in [-0.2, 0) is 6.54 Å². The van der Waals surface area contributed by atoms with Crippen LogP contribution in [0.25, 0.3) is 0 Å². The maximum Gasteiger partial charge on any atom is 0.119 e. The summed E-state index contributed by atoms with van der Waals surface area (Å²) in [6.45, 7) is 7.58. The third-order valence-corrected chi connectivity index (χ3v) is 4.33. The molecule has 2 nitrogen and oxygen atoms in total. The van der Waals surface area contributed by atoms with Crippen LogP contribution in [0.1, 0.15) is 37.3 Å². The van der Waals surface area contributed by atoms with Crippen LogP contribution in [0.15, 0.2) is 54.6 Å². The van der Waals surface area contributed by atoms with Gasteiger partial charge in [-0.25, -0.2) is 0 Å². The normalized spacial score (nSPS) is 18.8.